The number of rotatable bonds is 2. The molecule has 0 aliphatic carbocycles. The molecule has 2 N–H and O–H groups in total. The molecule has 0 aromatic rings. The van der Waals surface area contributed by atoms with Gasteiger partial charge in [0.15, 0.2) is 12.1 Å². The number of aliphatic hydroxyl groups excluding tert-OH is 1. The van der Waals surface area contributed by atoms with Gasteiger partial charge in [0.1, 0.15) is 24.1 Å². The van der Waals surface area contributed by atoms with E-state index in [2.05, 4.69) is 0 Å². The molecule has 0 amide bonds. The molecule has 0 aromatic heterocycles. The Morgan fingerprint density at radius 1 is 1.31 bits per heavy atom. The van der Waals surface area contributed by atoms with Gasteiger partial charge in [-0.1, -0.05) is 0 Å². The fraction of sp³-hybridized carbons (Fsp3) is 1.00. The van der Waals surface area contributed by atoms with Crippen LogP contribution < -0.4 is 0 Å². The van der Waals surface area contributed by atoms with Crippen LogP contribution >= 0.6 is 0 Å². The lowest BCUT2D eigenvalue weighted by atomic mass is 10.1. The average Bonchev–Trinajstić information content (AvgIpc) is 2.46. The third-order valence-corrected chi connectivity index (χ3v) is 3.24. The van der Waals surface area contributed by atoms with E-state index in [0.717, 1.165) is 0 Å². The van der Waals surface area contributed by atoms with Crippen LogP contribution in [0.15, 0.2) is 0 Å². The molecule has 16 heavy (non-hydrogen) atoms. The molecule has 0 aromatic carbocycles. The summed E-state index contributed by atoms with van der Waals surface area (Å²) in [5, 5.41) is 9.75. The summed E-state index contributed by atoms with van der Waals surface area (Å²) in [6.07, 6.45) is -3.67. The maximum absolute atomic E-state index is 10.7. The summed E-state index contributed by atoms with van der Waals surface area (Å²) in [4.78, 5) is 0. The first kappa shape index (κ1) is 12.2. The molecule has 2 heterocycles. The molecule has 2 rings (SSSR count). The van der Waals surface area contributed by atoms with E-state index in [1.807, 2.05) is 0 Å². The summed E-state index contributed by atoms with van der Waals surface area (Å²) in [6.45, 7) is 3.33. The first-order valence-corrected chi connectivity index (χ1v) is 6.43. The Bertz CT molecular complexity index is 376. The van der Waals surface area contributed by atoms with Crippen LogP contribution in [0.25, 0.3) is 0 Å². The van der Waals surface area contributed by atoms with Gasteiger partial charge in [0.05, 0.1) is 0 Å². The number of hydrogen-bond donors (Lipinski definition) is 2. The Kier molecular flexibility index (Phi) is 2.76. The predicted molar refractivity (Wildman–Crippen MR) is 51.1 cm³/mol. The zero-order valence-electron chi connectivity index (χ0n) is 8.86. The van der Waals surface area contributed by atoms with Crippen molar-refractivity contribution in [2.75, 3.05) is 5.75 Å². The summed E-state index contributed by atoms with van der Waals surface area (Å²) in [5.74, 6) is -1.53. The molecule has 8 heteroatoms. The Balaban J connectivity index is 2.06. The van der Waals surface area contributed by atoms with Crippen molar-refractivity contribution >= 4 is 10.1 Å². The van der Waals surface area contributed by atoms with Gasteiger partial charge in [-0.2, -0.15) is 8.42 Å². The normalized spacial score (nSPS) is 42.2. The van der Waals surface area contributed by atoms with Crippen LogP contribution in [-0.2, 0) is 24.3 Å². The molecular weight excluding hydrogens is 240 g/mol. The lowest BCUT2D eigenvalue weighted by Crippen LogP contribution is -2.37. The minimum Gasteiger partial charge on any atom is -0.387 e. The molecule has 2 fully saturated rings. The van der Waals surface area contributed by atoms with Crippen LogP contribution in [0, 0.1) is 0 Å². The van der Waals surface area contributed by atoms with Gasteiger partial charge in [0.25, 0.3) is 10.1 Å². The molecular formula is C8H14O7S. The van der Waals surface area contributed by atoms with E-state index in [1.165, 1.54) is 0 Å². The maximum Gasteiger partial charge on any atom is 0.267 e. The summed E-state index contributed by atoms with van der Waals surface area (Å²) in [7, 11) is -4.20. The van der Waals surface area contributed by atoms with Crippen LogP contribution in [0.4, 0.5) is 0 Å². The SMILES string of the molecule is CC1(C)OC2O[C@H](CS(=O)(=O)O)[C@H](O)[C@H]2O1. The van der Waals surface area contributed by atoms with E-state index < -0.39 is 46.3 Å². The zero-order valence-corrected chi connectivity index (χ0v) is 9.68. The highest BCUT2D eigenvalue weighted by Crippen LogP contribution is 2.37. The largest absolute Gasteiger partial charge is 0.387 e. The smallest absolute Gasteiger partial charge is 0.267 e. The minimum absolute atomic E-state index is 0.672. The highest BCUT2D eigenvalue weighted by molar-refractivity contribution is 7.85. The van der Waals surface area contributed by atoms with Gasteiger partial charge in [0, 0.05) is 0 Å². The second-order valence-corrected chi connectivity index (χ2v) is 5.88. The Hall–Kier alpha value is -0.250. The van der Waals surface area contributed by atoms with Gasteiger partial charge in [0.2, 0.25) is 0 Å². The van der Waals surface area contributed by atoms with Crippen LogP contribution in [0.3, 0.4) is 0 Å². The van der Waals surface area contributed by atoms with Crippen LogP contribution in [0.2, 0.25) is 0 Å². The van der Waals surface area contributed by atoms with Gasteiger partial charge >= 0.3 is 0 Å². The molecule has 1 unspecified atom stereocenters. The number of fused-ring (bicyclic) bond motifs is 1. The Morgan fingerprint density at radius 2 is 1.94 bits per heavy atom. The highest BCUT2D eigenvalue weighted by atomic mass is 32.2. The molecule has 0 saturated carbocycles. The van der Waals surface area contributed by atoms with Gasteiger partial charge in [-0.05, 0) is 13.8 Å². The molecule has 94 valence electrons. The molecule has 0 bridgehead atoms. The fourth-order valence-corrected chi connectivity index (χ4v) is 2.59. The van der Waals surface area contributed by atoms with Crippen molar-refractivity contribution in [1.82, 2.24) is 0 Å². The van der Waals surface area contributed by atoms with Crippen molar-refractivity contribution < 1.29 is 32.3 Å². The van der Waals surface area contributed by atoms with Crippen molar-refractivity contribution in [2.24, 2.45) is 0 Å². The van der Waals surface area contributed by atoms with E-state index >= 15 is 0 Å². The summed E-state index contributed by atoms with van der Waals surface area (Å²) in [6, 6.07) is 0. The lowest BCUT2D eigenvalue weighted by Gasteiger charge is -2.22. The number of hydrogen-bond acceptors (Lipinski definition) is 6. The van der Waals surface area contributed by atoms with E-state index in [4.69, 9.17) is 18.8 Å². The monoisotopic (exact) mass is 254 g/mol. The van der Waals surface area contributed by atoms with Crippen LogP contribution in [0.1, 0.15) is 13.8 Å². The molecule has 7 nitrogen and oxygen atoms in total. The number of ether oxygens (including phenoxy) is 3. The van der Waals surface area contributed by atoms with Crippen molar-refractivity contribution in [2.45, 2.75) is 44.2 Å². The minimum atomic E-state index is -4.20. The Labute approximate surface area is 93.0 Å². The lowest BCUT2D eigenvalue weighted by molar-refractivity contribution is -0.212. The number of aliphatic hydroxyl groups is 1. The topological polar surface area (TPSA) is 102 Å². The molecule has 2 saturated heterocycles. The first-order valence-electron chi connectivity index (χ1n) is 4.82. The predicted octanol–water partition coefficient (Wildman–Crippen LogP) is -0.888. The third kappa shape index (κ3) is 2.36. The summed E-state index contributed by atoms with van der Waals surface area (Å²) >= 11 is 0. The summed E-state index contributed by atoms with van der Waals surface area (Å²) < 4.78 is 45.8. The average molecular weight is 254 g/mol. The molecule has 0 radical (unpaired) electrons. The highest BCUT2D eigenvalue weighted by Gasteiger charge is 2.54. The first-order chi connectivity index (χ1) is 7.18. The quantitative estimate of drug-likeness (QED) is 0.616. The van der Waals surface area contributed by atoms with E-state index in [1.54, 1.807) is 13.8 Å². The van der Waals surface area contributed by atoms with E-state index in [0.29, 0.717) is 0 Å². The fourth-order valence-electron chi connectivity index (χ4n) is 1.90. The van der Waals surface area contributed by atoms with E-state index in [9.17, 15) is 13.5 Å². The second-order valence-electron chi connectivity index (χ2n) is 4.38. The van der Waals surface area contributed by atoms with Crippen molar-refractivity contribution in [3.05, 3.63) is 0 Å². The van der Waals surface area contributed by atoms with Gasteiger partial charge in [-0.15, -0.1) is 0 Å². The molecule has 2 aliphatic rings. The van der Waals surface area contributed by atoms with Crippen LogP contribution in [0.5, 0.6) is 0 Å². The van der Waals surface area contributed by atoms with Crippen molar-refractivity contribution in [3.63, 3.8) is 0 Å². The zero-order chi connectivity index (χ0) is 12.1. The van der Waals surface area contributed by atoms with Gasteiger partial charge < -0.3 is 19.3 Å². The standard InChI is InChI=1S/C8H14O7S/c1-8(2)14-6-5(9)4(3-16(10,11)12)13-7(6)15-8/h4-7,9H,3H2,1-2H3,(H,10,11,12)/t4-,5+,6-,7?/m1/s1. The second kappa shape index (κ2) is 3.62. The maximum atomic E-state index is 10.7. The molecule has 2 aliphatic heterocycles. The molecule has 4 atom stereocenters. The molecule has 0 spiro atoms. The van der Waals surface area contributed by atoms with Gasteiger partial charge in [-0.25, -0.2) is 0 Å². The van der Waals surface area contributed by atoms with Crippen molar-refractivity contribution in [3.8, 4) is 0 Å². The van der Waals surface area contributed by atoms with Crippen LogP contribution in [-0.4, -0.2) is 54.2 Å². The summed E-state index contributed by atoms with van der Waals surface area (Å²) in [5.41, 5.74) is 0. The Morgan fingerprint density at radius 3 is 2.44 bits per heavy atom. The van der Waals surface area contributed by atoms with E-state index in [-0.39, 0.29) is 0 Å². The van der Waals surface area contributed by atoms with Crippen molar-refractivity contribution in [1.29, 1.82) is 0 Å². The van der Waals surface area contributed by atoms with Gasteiger partial charge in [-0.3, -0.25) is 4.55 Å². The third-order valence-electron chi connectivity index (χ3n) is 2.49.